The number of thiophene rings is 1. The summed E-state index contributed by atoms with van der Waals surface area (Å²) in [5.74, 6) is 0.0547. The van der Waals surface area contributed by atoms with Crippen LogP contribution in [0, 0.1) is 0 Å². The number of fused-ring (bicyclic) bond motifs is 1. The summed E-state index contributed by atoms with van der Waals surface area (Å²) in [7, 11) is 0. The number of hydrogen-bond donors (Lipinski definition) is 0. The number of hydrogen-bond acceptors (Lipinski definition) is 3. The molecule has 0 spiro atoms. The Morgan fingerprint density at radius 2 is 2.38 bits per heavy atom. The van der Waals surface area contributed by atoms with E-state index in [0.29, 0.717) is 9.90 Å². The van der Waals surface area contributed by atoms with Gasteiger partial charge in [-0.2, -0.15) is 0 Å². The Bertz CT molecular complexity index is 477. The van der Waals surface area contributed by atoms with Gasteiger partial charge in [0.2, 0.25) is 0 Å². The van der Waals surface area contributed by atoms with Gasteiger partial charge >= 0.3 is 0 Å². The van der Waals surface area contributed by atoms with Crippen molar-refractivity contribution >= 4 is 38.9 Å². The zero-order valence-electron chi connectivity index (χ0n) is 6.87. The van der Waals surface area contributed by atoms with Crippen molar-refractivity contribution in [1.82, 2.24) is 4.98 Å². The Kier molecular flexibility index (Phi) is 2.06. The highest BCUT2D eigenvalue weighted by Gasteiger charge is 2.08. The lowest BCUT2D eigenvalue weighted by Gasteiger charge is -1.88. The molecule has 0 radical (unpaired) electrons. The molecule has 0 aliphatic carbocycles. The highest BCUT2D eigenvalue weighted by atomic mass is 35.5. The lowest BCUT2D eigenvalue weighted by Crippen LogP contribution is -1.83. The van der Waals surface area contributed by atoms with Gasteiger partial charge in [-0.25, -0.2) is 0 Å². The maximum absolute atomic E-state index is 11.1. The molecule has 0 aromatic carbocycles. The van der Waals surface area contributed by atoms with E-state index < -0.39 is 0 Å². The van der Waals surface area contributed by atoms with Crippen LogP contribution in [0.1, 0.15) is 16.6 Å². The molecule has 2 heterocycles. The normalized spacial score (nSPS) is 10.6. The van der Waals surface area contributed by atoms with Crippen molar-refractivity contribution in [1.29, 1.82) is 0 Å². The van der Waals surface area contributed by atoms with Crippen LogP contribution >= 0.6 is 22.9 Å². The molecule has 0 N–H and O–H groups in total. The first-order chi connectivity index (χ1) is 6.18. The molecule has 2 rings (SSSR count). The number of carbonyl (C=O) groups is 1. The second-order valence-electron chi connectivity index (χ2n) is 2.67. The van der Waals surface area contributed by atoms with Crippen molar-refractivity contribution in [2.24, 2.45) is 0 Å². The summed E-state index contributed by atoms with van der Waals surface area (Å²) in [6.45, 7) is 1.54. The highest BCUT2D eigenvalue weighted by molar-refractivity contribution is 7.21. The van der Waals surface area contributed by atoms with E-state index in [1.165, 1.54) is 11.3 Å². The van der Waals surface area contributed by atoms with Crippen LogP contribution in [0.4, 0.5) is 0 Å². The smallest absolute Gasteiger partial charge is 0.169 e. The van der Waals surface area contributed by atoms with Crippen LogP contribution in [0.5, 0.6) is 0 Å². The minimum Gasteiger partial charge on any atom is -0.294 e. The van der Waals surface area contributed by atoms with Gasteiger partial charge in [0.15, 0.2) is 5.78 Å². The zero-order chi connectivity index (χ0) is 9.42. The van der Waals surface area contributed by atoms with Crippen molar-refractivity contribution in [2.45, 2.75) is 6.92 Å². The molecule has 2 aromatic heterocycles. The average molecular weight is 212 g/mol. The van der Waals surface area contributed by atoms with E-state index in [2.05, 4.69) is 4.98 Å². The minimum atomic E-state index is 0.0547. The summed E-state index contributed by atoms with van der Waals surface area (Å²) in [4.78, 5) is 15.9. The molecule has 66 valence electrons. The molecule has 2 nitrogen and oxygen atoms in total. The molecule has 4 heteroatoms. The van der Waals surface area contributed by atoms with Gasteiger partial charge in [0.05, 0.1) is 20.1 Å². The third-order valence-corrected chi connectivity index (χ3v) is 3.40. The largest absolute Gasteiger partial charge is 0.294 e. The van der Waals surface area contributed by atoms with E-state index in [-0.39, 0.29) is 5.78 Å². The van der Waals surface area contributed by atoms with Gasteiger partial charge in [-0.15, -0.1) is 11.3 Å². The van der Waals surface area contributed by atoms with Gasteiger partial charge in [-0.05, 0) is 19.1 Å². The molecular weight excluding hydrogens is 206 g/mol. The maximum atomic E-state index is 11.1. The lowest BCUT2D eigenvalue weighted by atomic mass is 10.3. The summed E-state index contributed by atoms with van der Waals surface area (Å²) >= 11 is 7.32. The van der Waals surface area contributed by atoms with Gasteiger partial charge in [0.1, 0.15) is 0 Å². The number of nitrogens with zero attached hydrogens (tertiary/aromatic N) is 1. The molecular formula is C9H6ClNOS. The van der Waals surface area contributed by atoms with E-state index in [1.807, 2.05) is 0 Å². The fourth-order valence-electron chi connectivity index (χ4n) is 1.08. The highest BCUT2D eigenvalue weighted by Crippen LogP contribution is 2.30. The second-order valence-corrected chi connectivity index (χ2v) is 4.13. The number of rotatable bonds is 1. The lowest BCUT2D eigenvalue weighted by molar-refractivity contribution is 0.102. The molecule has 2 aromatic rings. The van der Waals surface area contributed by atoms with E-state index >= 15 is 0 Å². The Morgan fingerprint density at radius 1 is 1.62 bits per heavy atom. The summed E-state index contributed by atoms with van der Waals surface area (Å²) in [6, 6.07) is 3.50. The molecule has 0 bridgehead atoms. The van der Waals surface area contributed by atoms with E-state index in [9.17, 15) is 4.79 Å². The molecule has 0 aliphatic heterocycles. The molecule has 0 atom stereocenters. The third-order valence-electron chi connectivity index (χ3n) is 1.71. The van der Waals surface area contributed by atoms with Gasteiger partial charge in [-0.3, -0.25) is 9.78 Å². The first kappa shape index (κ1) is 8.66. The summed E-state index contributed by atoms with van der Waals surface area (Å²) < 4.78 is 0.884. The van der Waals surface area contributed by atoms with Crippen molar-refractivity contribution in [3.8, 4) is 0 Å². The molecule has 0 fully saturated rings. The molecule has 0 saturated heterocycles. The Balaban J connectivity index is 2.75. The Morgan fingerprint density at radius 3 is 3.00 bits per heavy atom. The number of ketones is 1. The van der Waals surface area contributed by atoms with Crippen LogP contribution in [0.15, 0.2) is 18.3 Å². The number of pyridine rings is 1. The first-order valence-corrected chi connectivity index (χ1v) is 4.93. The monoisotopic (exact) mass is 211 g/mol. The standard InChI is InChI=1S/C9H6ClNOS/c1-5(12)8-4-7-9(13-8)6(10)2-3-11-7/h2-4H,1H3. The van der Waals surface area contributed by atoms with Crippen LogP contribution < -0.4 is 0 Å². The topological polar surface area (TPSA) is 30.0 Å². The van der Waals surface area contributed by atoms with Crippen LogP contribution in [-0.2, 0) is 0 Å². The predicted molar refractivity (Wildman–Crippen MR) is 54.6 cm³/mol. The zero-order valence-corrected chi connectivity index (χ0v) is 8.45. The van der Waals surface area contributed by atoms with Crippen molar-refractivity contribution in [3.63, 3.8) is 0 Å². The molecule has 0 aliphatic rings. The van der Waals surface area contributed by atoms with E-state index in [4.69, 9.17) is 11.6 Å². The molecule has 13 heavy (non-hydrogen) atoms. The van der Waals surface area contributed by atoms with Crippen molar-refractivity contribution in [3.05, 3.63) is 28.2 Å². The van der Waals surface area contributed by atoms with Crippen LogP contribution in [0.2, 0.25) is 5.02 Å². The molecule has 0 amide bonds. The number of halogens is 1. The fraction of sp³-hybridized carbons (Fsp3) is 0.111. The number of Topliss-reactive ketones (excluding diaryl/α,β-unsaturated/α-hetero) is 1. The summed E-state index contributed by atoms with van der Waals surface area (Å²) in [5.41, 5.74) is 0.794. The first-order valence-electron chi connectivity index (χ1n) is 3.73. The van der Waals surface area contributed by atoms with Gasteiger partial charge in [-0.1, -0.05) is 11.6 Å². The minimum absolute atomic E-state index is 0.0547. The summed E-state index contributed by atoms with van der Waals surface area (Å²) in [5, 5.41) is 0.655. The Hall–Kier alpha value is -0.930. The van der Waals surface area contributed by atoms with Gasteiger partial charge in [0.25, 0.3) is 0 Å². The fourth-order valence-corrected chi connectivity index (χ4v) is 2.27. The number of carbonyl (C=O) groups excluding carboxylic acids is 1. The van der Waals surface area contributed by atoms with E-state index in [1.54, 1.807) is 25.3 Å². The van der Waals surface area contributed by atoms with Crippen LogP contribution in [-0.4, -0.2) is 10.8 Å². The van der Waals surface area contributed by atoms with Gasteiger partial charge < -0.3 is 0 Å². The molecule has 0 saturated carbocycles. The second kappa shape index (κ2) is 3.09. The number of aromatic nitrogens is 1. The van der Waals surface area contributed by atoms with Crippen LogP contribution in [0.3, 0.4) is 0 Å². The van der Waals surface area contributed by atoms with Crippen LogP contribution in [0.25, 0.3) is 10.2 Å². The van der Waals surface area contributed by atoms with Crippen molar-refractivity contribution in [2.75, 3.05) is 0 Å². The summed E-state index contributed by atoms with van der Waals surface area (Å²) in [6.07, 6.45) is 1.64. The predicted octanol–water partition coefficient (Wildman–Crippen LogP) is 3.15. The van der Waals surface area contributed by atoms with Crippen molar-refractivity contribution < 1.29 is 4.79 Å². The third kappa shape index (κ3) is 1.45. The quantitative estimate of drug-likeness (QED) is 0.679. The molecule has 0 unspecified atom stereocenters. The SMILES string of the molecule is CC(=O)c1cc2nccc(Cl)c2s1. The average Bonchev–Trinajstić information content (AvgIpc) is 2.49. The Labute approximate surface area is 84.2 Å². The maximum Gasteiger partial charge on any atom is 0.169 e. The van der Waals surface area contributed by atoms with Gasteiger partial charge in [0, 0.05) is 6.20 Å². The van der Waals surface area contributed by atoms with E-state index in [0.717, 1.165) is 10.2 Å².